The third-order valence-corrected chi connectivity index (χ3v) is 5.90. The Kier molecular flexibility index (Phi) is 7.59. The zero-order chi connectivity index (χ0) is 22.4. The second-order valence-corrected chi connectivity index (χ2v) is 8.11. The molecule has 1 saturated carbocycles. The fraction of sp³-hybridized carbons (Fsp3) is 0.524. The van der Waals surface area contributed by atoms with E-state index in [1.807, 2.05) is 0 Å². The number of carbonyl (C=O) groups excluding carboxylic acids is 3. The van der Waals surface area contributed by atoms with E-state index >= 15 is 0 Å². The number of amides is 3. The van der Waals surface area contributed by atoms with Crippen molar-refractivity contribution in [3.8, 4) is 0 Å². The lowest BCUT2D eigenvalue weighted by molar-refractivity contribution is -0.159. The predicted octanol–water partition coefficient (Wildman–Crippen LogP) is 1.47. The summed E-state index contributed by atoms with van der Waals surface area (Å²) in [5, 5.41) is 23.2. The Morgan fingerprint density at radius 2 is 2.00 bits per heavy atom. The van der Waals surface area contributed by atoms with E-state index in [-0.39, 0.29) is 24.4 Å². The molecule has 10 nitrogen and oxygen atoms in total. The summed E-state index contributed by atoms with van der Waals surface area (Å²) in [6.45, 7) is 0.289. The molecule has 0 unspecified atom stereocenters. The van der Waals surface area contributed by atoms with Crippen LogP contribution in [0.4, 0.5) is 5.69 Å². The van der Waals surface area contributed by atoms with Crippen molar-refractivity contribution >= 4 is 29.9 Å². The molecule has 31 heavy (non-hydrogen) atoms. The number of hydrogen-bond donors (Lipinski definition) is 4. The molecule has 1 heterocycles. The monoisotopic (exact) mass is 432 g/mol. The van der Waals surface area contributed by atoms with Crippen molar-refractivity contribution in [1.29, 1.82) is 0 Å². The Bertz CT molecular complexity index is 826. The van der Waals surface area contributed by atoms with Gasteiger partial charge in [-0.25, -0.2) is 15.3 Å². The summed E-state index contributed by atoms with van der Waals surface area (Å²) in [5.74, 6) is -2.16. The topological polar surface area (TPSA) is 139 Å². The molecule has 0 bridgehead atoms. The molecule has 4 N–H and O–H groups in total. The maximum atomic E-state index is 13.2. The maximum Gasteiger partial charge on any atom is 0.335 e. The zero-order valence-corrected chi connectivity index (χ0v) is 17.2. The van der Waals surface area contributed by atoms with Gasteiger partial charge in [-0.2, -0.15) is 0 Å². The molecule has 2 atom stereocenters. The largest absolute Gasteiger partial charge is 0.478 e. The molecular formula is C21H28N4O6. The van der Waals surface area contributed by atoms with Gasteiger partial charge in [0.05, 0.1) is 18.0 Å². The molecule has 1 aliphatic heterocycles. The van der Waals surface area contributed by atoms with Crippen LogP contribution >= 0.6 is 0 Å². The Hall–Kier alpha value is -2.98. The van der Waals surface area contributed by atoms with E-state index in [1.165, 1.54) is 23.2 Å². The molecule has 2 fully saturated rings. The normalized spacial score (nSPS) is 19.8. The lowest BCUT2D eigenvalue weighted by atomic mass is 9.92. The standard InChI is InChI=1S/C21H28N4O6/c26-13-24(31)12-16(10-14-4-1-2-5-14)20(28)25-18(8-9-22-25)19(27)23-17-7-3-6-15(11-17)21(29)30/h3,6-7,11,13-14,16,18,22,31H,1-2,4-5,8-10,12H2,(H,23,27)(H,29,30)/t16-,18+/m1/s1. The molecule has 1 saturated heterocycles. The van der Waals surface area contributed by atoms with Gasteiger partial charge in [0, 0.05) is 12.2 Å². The minimum Gasteiger partial charge on any atom is -0.478 e. The number of nitrogens with zero attached hydrogens (tertiary/aromatic N) is 2. The minimum absolute atomic E-state index is 0.0452. The lowest BCUT2D eigenvalue weighted by Crippen LogP contribution is -2.51. The third-order valence-electron chi connectivity index (χ3n) is 5.90. The van der Waals surface area contributed by atoms with Crippen LogP contribution in [-0.2, 0) is 14.4 Å². The first-order valence-electron chi connectivity index (χ1n) is 10.5. The number of hydroxylamine groups is 2. The Labute approximate surface area is 180 Å². The van der Waals surface area contributed by atoms with Gasteiger partial charge >= 0.3 is 5.97 Å². The highest BCUT2D eigenvalue weighted by Crippen LogP contribution is 2.31. The van der Waals surface area contributed by atoms with E-state index in [9.17, 15) is 24.4 Å². The van der Waals surface area contributed by atoms with Crippen molar-refractivity contribution in [3.05, 3.63) is 29.8 Å². The van der Waals surface area contributed by atoms with Gasteiger partial charge < -0.3 is 10.4 Å². The molecule has 3 rings (SSSR count). The predicted molar refractivity (Wildman–Crippen MR) is 110 cm³/mol. The SMILES string of the molecule is O=CN(O)C[C@@H](CC1CCCC1)C(=O)N1NCC[C@H]1C(=O)Nc1cccc(C(=O)O)c1. The van der Waals surface area contributed by atoms with Crippen molar-refractivity contribution in [2.24, 2.45) is 11.8 Å². The van der Waals surface area contributed by atoms with Crippen molar-refractivity contribution in [2.45, 2.75) is 44.6 Å². The van der Waals surface area contributed by atoms with Crippen LogP contribution in [0, 0.1) is 11.8 Å². The summed E-state index contributed by atoms with van der Waals surface area (Å²) < 4.78 is 0. The average molecular weight is 432 g/mol. The molecule has 3 amide bonds. The van der Waals surface area contributed by atoms with Gasteiger partial charge in [-0.15, -0.1) is 0 Å². The molecular weight excluding hydrogens is 404 g/mol. The molecule has 2 aliphatic rings. The van der Waals surface area contributed by atoms with Crippen LogP contribution in [-0.4, -0.2) is 63.7 Å². The Morgan fingerprint density at radius 3 is 2.68 bits per heavy atom. The molecule has 1 aliphatic carbocycles. The fourth-order valence-electron chi connectivity index (χ4n) is 4.36. The van der Waals surface area contributed by atoms with Gasteiger partial charge in [-0.3, -0.25) is 24.6 Å². The highest BCUT2D eigenvalue weighted by Gasteiger charge is 2.39. The van der Waals surface area contributed by atoms with Gasteiger partial charge in [0.15, 0.2) is 0 Å². The number of hydrazine groups is 1. The number of nitrogens with one attached hydrogen (secondary N) is 2. The molecule has 1 aromatic rings. The van der Waals surface area contributed by atoms with Crippen molar-refractivity contribution in [2.75, 3.05) is 18.4 Å². The van der Waals surface area contributed by atoms with Crippen molar-refractivity contribution in [3.63, 3.8) is 0 Å². The first-order chi connectivity index (χ1) is 14.9. The number of carboxylic acid groups (broad SMARTS) is 1. The van der Waals surface area contributed by atoms with Crippen LogP contribution in [0.3, 0.4) is 0 Å². The number of carboxylic acids is 1. The van der Waals surface area contributed by atoms with E-state index in [4.69, 9.17) is 5.11 Å². The van der Waals surface area contributed by atoms with Crippen molar-refractivity contribution < 1.29 is 29.5 Å². The maximum absolute atomic E-state index is 13.2. The zero-order valence-electron chi connectivity index (χ0n) is 17.2. The van der Waals surface area contributed by atoms with Gasteiger partial charge in [-0.1, -0.05) is 31.7 Å². The van der Waals surface area contributed by atoms with Crippen LogP contribution in [0.15, 0.2) is 24.3 Å². The Morgan fingerprint density at radius 1 is 1.26 bits per heavy atom. The van der Waals surface area contributed by atoms with E-state index in [2.05, 4.69) is 10.7 Å². The smallest absolute Gasteiger partial charge is 0.335 e. The van der Waals surface area contributed by atoms with Crippen LogP contribution in [0.1, 0.15) is 48.9 Å². The number of hydrogen-bond acceptors (Lipinski definition) is 6. The minimum atomic E-state index is -1.10. The van der Waals surface area contributed by atoms with E-state index in [0.717, 1.165) is 25.7 Å². The first kappa shape index (κ1) is 22.7. The highest BCUT2D eigenvalue weighted by atomic mass is 16.5. The quantitative estimate of drug-likeness (QED) is 0.263. The van der Waals surface area contributed by atoms with Crippen LogP contribution in [0.5, 0.6) is 0 Å². The van der Waals surface area contributed by atoms with Gasteiger partial charge in [0.1, 0.15) is 6.04 Å². The van der Waals surface area contributed by atoms with Crippen molar-refractivity contribution in [1.82, 2.24) is 15.5 Å². The van der Waals surface area contributed by atoms with E-state index in [0.29, 0.717) is 36.1 Å². The fourth-order valence-corrected chi connectivity index (χ4v) is 4.36. The van der Waals surface area contributed by atoms with Gasteiger partial charge in [0.25, 0.3) is 0 Å². The third kappa shape index (κ3) is 5.80. The molecule has 0 spiro atoms. The highest BCUT2D eigenvalue weighted by molar-refractivity contribution is 5.98. The second kappa shape index (κ2) is 10.4. The molecule has 0 radical (unpaired) electrons. The Balaban J connectivity index is 1.70. The first-order valence-corrected chi connectivity index (χ1v) is 10.5. The van der Waals surface area contributed by atoms with E-state index in [1.54, 1.807) is 6.07 Å². The number of carbonyl (C=O) groups is 4. The molecule has 1 aromatic carbocycles. The van der Waals surface area contributed by atoms with Crippen LogP contribution in [0.25, 0.3) is 0 Å². The lowest BCUT2D eigenvalue weighted by Gasteiger charge is -2.30. The summed E-state index contributed by atoms with van der Waals surface area (Å²) in [6.07, 6.45) is 5.42. The molecule has 168 valence electrons. The number of anilines is 1. The second-order valence-electron chi connectivity index (χ2n) is 8.11. The number of benzene rings is 1. The number of rotatable bonds is 9. The summed E-state index contributed by atoms with van der Waals surface area (Å²) in [4.78, 5) is 48.1. The molecule has 10 heteroatoms. The summed E-state index contributed by atoms with van der Waals surface area (Å²) in [6, 6.07) is 5.10. The van der Waals surface area contributed by atoms with Gasteiger partial charge in [0.2, 0.25) is 18.2 Å². The average Bonchev–Trinajstić information content (AvgIpc) is 3.45. The van der Waals surface area contributed by atoms with Gasteiger partial charge in [-0.05, 0) is 37.0 Å². The summed E-state index contributed by atoms with van der Waals surface area (Å²) in [5.41, 5.74) is 3.31. The van der Waals surface area contributed by atoms with E-state index < -0.39 is 23.8 Å². The molecule has 0 aromatic heterocycles. The summed E-state index contributed by atoms with van der Waals surface area (Å²) >= 11 is 0. The van der Waals surface area contributed by atoms with Crippen LogP contribution in [0.2, 0.25) is 0 Å². The number of aromatic carboxylic acids is 1. The van der Waals surface area contributed by atoms with Crippen LogP contribution < -0.4 is 10.7 Å². The summed E-state index contributed by atoms with van der Waals surface area (Å²) in [7, 11) is 0.